The molecule has 3 rings (SSSR count). The fourth-order valence-corrected chi connectivity index (χ4v) is 4.53. The molecule has 0 bridgehead atoms. The first-order chi connectivity index (χ1) is 19.4. The van der Waals surface area contributed by atoms with Gasteiger partial charge in [-0.05, 0) is 43.3 Å². The number of nitrogens with zero attached hydrogens (tertiary/aromatic N) is 2. The third-order valence-electron chi connectivity index (χ3n) is 5.95. The molecule has 0 saturated heterocycles. The summed E-state index contributed by atoms with van der Waals surface area (Å²) < 4.78 is 139. The predicted molar refractivity (Wildman–Crippen MR) is 132 cm³/mol. The molecule has 0 spiro atoms. The summed E-state index contributed by atoms with van der Waals surface area (Å²) in [6.45, 7) is -2.38. The van der Waals surface area contributed by atoms with Gasteiger partial charge in [-0.25, -0.2) is 8.78 Å². The van der Waals surface area contributed by atoms with E-state index in [2.05, 4.69) is 25.7 Å². The van der Waals surface area contributed by atoms with E-state index in [1.165, 1.54) is 43.6 Å². The molecular formula is C26H17BrF10N2O3. The lowest BCUT2D eigenvalue weighted by Gasteiger charge is -2.31. The summed E-state index contributed by atoms with van der Waals surface area (Å²) >= 11 is 2.60. The van der Waals surface area contributed by atoms with Crippen molar-refractivity contribution >= 4 is 33.3 Å². The van der Waals surface area contributed by atoms with Crippen LogP contribution in [0, 0.1) is 5.82 Å². The lowest BCUT2D eigenvalue weighted by atomic mass is 9.91. The minimum atomic E-state index is -6.56. The number of pyridine rings is 1. The van der Waals surface area contributed by atoms with Crippen LogP contribution < -0.4 is 9.64 Å². The molecule has 5 nitrogen and oxygen atoms in total. The third-order valence-corrected chi connectivity index (χ3v) is 6.65. The zero-order chi connectivity index (χ0) is 31.6. The van der Waals surface area contributed by atoms with Gasteiger partial charge in [0, 0.05) is 46.5 Å². The molecule has 0 unspecified atom stereocenters. The highest BCUT2D eigenvalue weighted by atomic mass is 79.9. The fourth-order valence-electron chi connectivity index (χ4n) is 3.94. The van der Waals surface area contributed by atoms with E-state index in [1.807, 2.05) is 0 Å². The number of anilines is 1. The second-order valence-corrected chi connectivity index (χ2v) is 9.35. The summed E-state index contributed by atoms with van der Waals surface area (Å²) in [4.78, 5) is 30.7. The minimum absolute atomic E-state index is 0.0148. The highest BCUT2D eigenvalue weighted by molar-refractivity contribution is 9.10. The van der Waals surface area contributed by atoms with Crippen LogP contribution in [0.15, 0.2) is 59.3 Å². The Morgan fingerprint density at radius 2 is 1.57 bits per heavy atom. The highest BCUT2D eigenvalue weighted by Gasteiger charge is 2.73. The van der Waals surface area contributed by atoms with E-state index in [0.717, 1.165) is 11.0 Å². The zero-order valence-corrected chi connectivity index (χ0v) is 22.6. The minimum Gasteiger partial charge on any atom is -0.434 e. The number of carbonyl (C=O) groups is 2. The van der Waals surface area contributed by atoms with Crippen molar-refractivity contribution in [3.8, 4) is 5.75 Å². The Morgan fingerprint density at radius 1 is 0.976 bits per heavy atom. The van der Waals surface area contributed by atoms with Gasteiger partial charge in [-0.15, -0.1) is 0 Å². The summed E-state index contributed by atoms with van der Waals surface area (Å²) in [5.41, 5.74) is -9.79. The van der Waals surface area contributed by atoms with E-state index >= 15 is 4.39 Å². The number of ether oxygens (including phenoxy) is 1. The Morgan fingerprint density at radius 3 is 2.10 bits per heavy atom. The normalized spacial score (nSPS) is 12.4. The Hall–Kier alpha value is -3.69. The van der Waals surface area contributed by atoms with Crippen LogP contribution in [0.5, 0.6) is 5.75 Å². The Bertz CT molecular complexity index is 1450. The van der Waals surface area contributed by atoms with Crippen LogP contribution in [0.25, 0.3) is 0 Å². The van der Waals surface area contributed by atoms with Crippen molar-refractivity contribution in [1.82, 2.24) is 4.98 Å². The van der Waals surface area contributed by atoms with Crippen molar-refractivity contribution in [1.29, 1.82) is 0 Å². The maximum atomic E-state index is 15.5. The SMILES string of the molecule is CCN(C(=O)c1ccncc1)c1cccc(C(=O)Cc2c(Br)cc(C(F)(C(F)(F)F)C(F)(F)F)cc2OC(F)F)c1F. The summed E-state index contributed by atoms with van der Waals surface area (Å²) in [6.07, 6.45) is -11.6. The van der Waals surface area contributed by atoms with Crippen molar-refractivity contribution < 1.29 is 58.2 Å². The molecule has 1 heterocycles. The molecule has 42 heavy (non-hydrogen) atoms. The Labute approximate surface area is 239 Å². The number of halogens is 11. The maximum absolute atomic E-state index is 15.5. The number of amides is 1. The standard InChI is InChI=1S/C26H17BrF10N2O3/c1-2-39(22(41)13-6-8-38-9-7-13)18-5-3-4-15(21(18)28)19(40)12-16-17(27)10-14(11-20(16)42-23(29)30)24(31,25(32,33)34)26(35,36)37/h3-11,23H,2,12H2,1H3. The van der Waals surface area contributed by atoms with E-state index in [-0.39, 0.29) is 29.9 Å². The van der Waals surface area contributed by atoms with Crippen LogP contribution in [0.2, 0.25) is 0 Å². The molecule has 2 aromatic carbocycles. The average molecular weight is 675 g/mol. The summed E-state index contributed by atoms with van der Waals surface area (Å²) in [6, 6.07) is 5.79. The highest BCUT2D eigenvalue weighted by Crippen LogP contribution is 2.54. The Balaban J connectivity index is 2.07. The Kier molecular flexibility index (Phi) is 9.59. The number of ketones is 1. The number of aromatic nitrogens is 1. The second-order valence-electron chi connectivity index (χ2n) is 8.49. The summed E-state index contributed by atoms with van der Waals surface area (Å²) in [7, 11) is 0. The van der Waals surface area contributed by atoms with Gasteiger partial charge in [-0.1, -0.05) is 22.0 Å². The molecule has 0 aliphatic heterocycles. The number of hydrogen-bond acceptors (Lipinski definition) is 4. The lowest BCUT2D eigenvalue weighted by molar-refractivity contribution is -0.348. The van der Waals surface area contributed by atoms with Gasteiger partial charge in [-0.2, -0.15) is 35.1 Å². The number of carbonyl (C=O) groups excluding carboxylic acids is 2. The first-order valence-corrected chi connectivity index (χ1v) is 12.4. The smallest absolute Gasteiger partial charge is 0.434 e. The van der Waals surface area contributed by atoms with Gasteiger partial charge in [0.05, 0.1) is 11.3 Å². The van der Waals surface area contributed by atoms with Gasteiger partial charge in [-0.3, -0.25) is 14.6 Å². The van der Waals surface area contributed by atoms with Crippen molar-refractivity contribution in [3.05, 3.63) is 87.4 Å². The number of Topliss-reactive ketones (excluding diaryl/α,β-unsaturated/α-hetero) is 1. The molecule has 1 aromatic heterocycles. The van der Waals surface area contributed by atoms with Crippen LogP contribution in [-0.2, 0) is 12.1 Å². The van der Waals surface area contributed by atoms with Gasteiger partial charge in [0.1, 0.15) is 5.75 Å². The lowest BCUT2D eigenvalue weighted by Crippen LogP contribution is -2.50. The van der Waals surface area contributed by atoms with Gasteiger partial charge < -0.3 is 9.64 Å². The molecular weight excluding hydrogens is 658 g/mol. The second kappa shape index (κ2) is 12.3. The number of hydrogen-bond donors (Lipinski definition) is 0. The van der Waals surface area contributed by atoms with E-state index in [4.69, 9.17) is 0 Å². The van der Waals surface area contributed by atoms with E-state index in [1.54, 1.807) is 0 Å². The number of alkyl halides is 9. The third kappa shape index (κ3) is 6.37. The molecule has 0 saturated carbocycles. The molecule has 1 amide bonds. The van der Waals surface area contributed by atoms with Crippen LogP contribution in [0.3, 0.4) is 0 Å². The van der Waals surface area contributed by atoms with Crippen LogP contribution in [0.4, 0.5) is 49.6 Å². The first kappa shape index (κ1) is 32.8. The van der Waals surface area contributed by atoms with Crippen molar-refractivity contribution in [2.75, 3.05) is 11.4 Å². The molecule has 0 fully saturated rings. The fraction of sp³-hybridized carbons (Fsp3) is 0.269. The molecule has 0 atom stereocenters. The quantitative estimate of drug-likeness (QED) is 0.171. The van der Waals surface area contributed by atoms with E-state index < -0.39 is 75.5 Å². The van der Waals surface area contributed by atoms with Gasteiger partial charge in [0.25, 0.3) is 5.91 Å². The van der Waals surface area contributed by atoms with E-state index in [0.29, 0.717) is 0 Å². The molecule has 0 aliphatic carbocycles. The molecule has 226 valence electrons. The monoisotopic (exact) mass is 674 g/mol. The average Bonchev–Trinajstić information content (AvgIpc) is 2.90. The van der Waals surface area contributed by atoms with Crippen molar-refractivity contribution in [2.24, 2.45) is 0 Å². The van der Waals surface area contributed by atoms with Gasteiger partial charge >= 0.3 is 24.6 Å². The van der Waals surface area contributed by atoms with E-state index in [9.17, 15) is 49.1 Å². The van der Waals surface area contributed by atoms with Crippen molar-refractivity contribution in [3.63, 3.8) is 0 Å². The molecule has 0 radical (unpaired) electrons. The molecule has 16 heteroatoms. The molecule has 0 N–H and O–H groups in total. The predicted octanol–water partition coefficient (Wildman–Crippen LogP) is 7.97. The number of rotatable bonds is 9. The topological polar surface area (TPSA) is 59.5 Å². The largest absolute Gasteiger partial charge is 0.435 e. The zero-order valence-electron chi connectivity index (χ0n) is 21.0. The van der Waals surface area contributed by atoms with Gasteiger partial charge in [0.2, 0.25) is 0 Å². The summed E-state index contributed by atoms with van der Waals surface area (Å²) in [5.74, 6) is -4.48. The van der Waals surface area contributed by atoms with Crippen LogP contribution >= 0.6 is 15.9 Å². The van der Waals surface area contributed by atoms with Gasteiger partial charge in [0.15, 0.2) is 11.6 Å². The van der Waals surface area contributed by atoms with Crippen molar-refractivity contribution in [2.45, 2.75) is 38.0 Å². The maximum Gasteiger partial charge on any atom is 0.435 e. The van der Waals surface area contributed by atoms with Crippen LogP contribution in [-0.4, -0.2) is 42.2 Å². The van der Waals surface area contributed by atoms with Crippen LogP contribution in [0.1, 0.15) is 38.8 Å². The molecule has 0 aliphatic rings. The number of benzene rings is 2. The summed E-state index contributed by atoms with van der Waals surface area (Å²) in [5, 5.41) is 0. The first-order valence-electron chi connectivity index (χ1n) is 11.6. The molecule has 3 aromatic rings.